The van der Waals surface area contributed by atoms with Gasteiger partial charge in [-0.25, -0.2) is 4.98 Å². The summed E-state index contributed by atoms with van der Waals surface area (Å²) in [4.78, 5) is 5.17. The average Bonchev–Trinajstić information content (AvgIpc) is 2.57. The third-order valence-corrected chi connectivity index (χ3v) is 3.95. The highest BCUT2D eigenvalue weighted by atomic mass is 79.9. The first-order chi connectivity index (χ1) is 6.66. The van der Waals surface area contributed by atoms with Gasteiger partial charge in [0, 0.05) is 6.20 Å². The van der Waals surface area contributed by atoms with Crippen molar-refractivity contribution in [1.29, 1.82) is 0 Å². The van der Waals surface area contributed by atoms with Gasteiger partial charge in [-0.1, -0.05) is 29.3 Å². The van der Waals surface area contributed by atoms with Crippen LogP contribution >= 0.6 is 50.5 Å². The first kappa shape index (κ1) is 10.4. The Hall–Kier alpha value is -0.0900. The van der Waals surface area contributed by atoms with E-state index < -0.39 is 0 Å². The molecule has 0 aliphatic carbocycles. The monoisotopic (exact) mass is 307 g/mol. The smallest absolute Gasteiger partial charge is 0.159 e. The van der Waals surface area contributed by atoms with Crippen LogP contribution in [0.5, 0.6) is 0 Å². The molecule has 1 aromatic carbocycles. The molecular weight excluding hydrogens is 305 g/mol. The highest BCUT2D eigenvalue weighted by Crippen LogP contribution is 2.32. The maximum Gasteiger partial charge on any atom is 0.159 e. The van der Waals surface area contributed by atoms with Crippen molar-refractivity contribution in [2.75, 3.05) is 0 Å². The van der Waals surface area contributed by atoms with Crippen molar-refractivity contribution in [1.82, 2.24) is 4.98 Å². The van der Waals surface area contributed by atoms with Crippen LogP contribution < -0.4 is 0 Å². The standard InChI is InChI=1S/C9H4BrCl2NS/c10-9-13-4-8(14-9)5-1-2-6(11)7(12)3-5/h1-4H. The Morgan fingerprint density at radius 2 is 2.00 bits per heavy atom. The predicted molar refractivity (Wildman–Crippen MR) is 65.3 cm³/mol. The molecule has 2 rings (SSSR count). The molecule has 2 aromatic rings. The maximum absolute atomic E-state index is 5.91. The zero-order chi connectivity index (χ0) is 10.1. The molecule has 0 fully saturated rings. The average molecular weight is 309 g/mol. The number of aromatic nitrogens is 1. The summed E-state index contributed by atoms with van der Waals surface area (Å²) in [5.41, 5.74) is 1.03. The molecule has 14 heavy (non-hydrogen) atoms. The number of rotatable bonds is 1. The molecule has 0 N–H and O–H groups in total. The predicted octanol–water partition coefficient (Wildman–Crippen LogP) is 4.88. The lowest BCUT2D eigenvalue weighted by Gasteiger charge is -1.98. The van der Waals surface area contributed by atoms with Gasteiger partial charge in [0.25, 0.3) is 0 Å². The highest BCUT2D eigenvalue weighted by Gasteiger charge is 2.04. The maximum atomic E-state index is 5.91. The van der Waals surface area contributed by atoms with Crippen molar-refractivity contribution >= 4 is 50.5 Å². The van der Waals surface area contributed by atoms with Crippen molar-refractivity contribution < 1.29 is 0 Å². The first-order valence-corrected chi connectivity index (χ1v) is 6.10. The van der Waals surface area contributed by atoms with Crippen LogP contribution in [0.15, 0.2) is 28.3 Å². The second-order valence-electron chi connectivity index (χ2n) is 2.61. The molecule has 0 atom stereocenters. The summed E-state index contributed by atoms with van der Waals surface area (Å²) in [6.07, 6.45) is 1.80. The largest absolute Gasteiger partial charge is 0.237 e. The molecule has 1 heterocycles. The van der Waals surface area contributed by atoms with Crippen molar-refractivity contribution in [3.63, 3.8) is 0 Å². The third-order valence-electron chi connectivity index (χ3n) is 1.68. The van der Waals surface area contributed by atoms with Crippen LogP contribution in [0.3, 0.4) is 0 Å². The fraction of sp³-hybridized carbons (Fsp3) is 0. The summed E-state index contributed by atoms with van der Waals surface area (Å²) < 4.78 is 0.860. The molecule has 0 radical (unpaired) electrons. The van der Waals surface area contributed by atoms with E-state index in [1.54, 1.807) is 23.6 Å². The number of hydrogen-bond acceptors (Lipinski definition) is 2. The molecule has 0 aliphatic rings. The molecule has 0 saturated heterocycles. The van der Waals surface area contributed by atoms with Crippen LogP contribution in [0, 0.1) is 0 Å². The van der Waals surface area contributed by atoms with Gasteiger partial charge in [-0.3, -0.25) is 0 Å². The van der Waals surface area contributed by atoms with Crippen LogP contribution in [0.25, 0.3) is 10.4 Å². The topological polar surface area (TPSA) is 12.9 Å². The summed E-state index contributed by atoms with van der Waals surface area (Å²) in [5, 5.41) is 1.13. The van der Waals surface area contributed by atoms with E-state index in [0.717, 1.165) is 14.4 Å². The van der Waals surface area contributed by atoms with Crippen LogP contribution in [0.1, 0.15) is 0 Å². The van der Waals surface area contributed by atoms with E-state index in [0.29, 0.717) is 10.0 Å². The molecule has 0 aliphatic heterocycles. The Bertz CT molecular complexity index is 470. The van der Waals surface area contributed by atoms with E-state index in [1.807, 2.05) is 12.1 Å². The zero-order valence-corrected chi connectivity index (χ0v) is 10.7. The lowest BCUT2D eigenvalue weighted by atomic mass is 10.2. The third kappa shape index (κ3) is 2.11. The van der Waals surface area contributed by atoms with Gasteiger partial charge in [-0.05, 0) is 33.6 Å². The lowest BCUT2D eigenvalue weighted by molar-refractivity contribution is 1.38. The number of halogens is 3. The molecule has 1 aromatic heterocycles. The summed E-state index contributed by atoms with van der Waals surface area (Å²) in [6, 6.07) is 5.55. The SMILES string of the molecule is Clc1ccc(-c2cnc(Br)s2)cc1Cl. The van der Waals surface area contributed by atoms with E-state index in [9.17, 15) is 0 Å². The van der Waals surface area contributed by atoms with Crippen LogP contribution in [0.4, 0.5) is 0 Å². The molecule has 0 unspecified atom stereocenters. The summed E-state index contributed by atoms with van der Waals surface area (Å²) >= 11 is 16.6. The van der Waals surface area contributed by atoms with Crippen molar-refractivity contribution in [2.45, 2.75) is 0 Å². The normalized spacial score (nSPS) is 10.5. The molecule has 0 amide bonds. The van der Waals surface area contributed by atoms with Crippen molar-refractivity contribution in [3.05, 3.63) is 38.4 Å². The molecule has 0 bridgehead atoms. The van der Waals surface area contributed by atoms with Gasteiger partial charge >= 0.3 is 0 Å². The summed E-state index contributed by atoms with van der Waals surface area (Å²) in [6.45, 7) is 0. The van der Waals surface area contributed by atoms with Gasteiger partial charge in [0.1, 0.15) is 0 Å². The molecule has 5 heteroatoms. The Morgan fingerprint density at radius 1 is 1.21 bits per heavy atom. The minimum Gasteiger partial charge on any atom is -0.237 e. The van der Waals surface area contributed by atoms with Gasteiger partial charge in [-0.15, -0.1) is 11.3 Å². The molecule has 72 valence electrons. The van der Waals surface area contributed by atoms with Gasteiger partial charge in [0.2, 0.25) is 0 Å². The van der Waals surface area contributed by atoms with Crippen LogP contribution in [0.2, 0.25) is 10.0 Å². The molecular formula is C9H4BrCl2NS. The molecule has 0 saturated carbocycles. The Morgan fingerprint density at radius 3 is 2.57 bits per heavy atom. The minimum atomic E-state index is 0.564. The Labute approximate surface area is 104 Å². The van der Waals surface area contributed by atoms with E-state index in [2.05, 4.69) is 20.9 Å². The van der Waals surface area contributed by atoms with E-state index in [-0.39, 0.29) is 0 Å². The molecule has 0 spiro atoms. The zero-order valence-electron chi connectivity index (χ0n) is 6.80. The quantitative estimate of drug-likeness (QED) is 0.731. The first-order valence-electron chi connectivity index (χ1n) is 3.73. The van der Waals surface area contributed by atoms with Gasteiger partial charge in [0.15, 0.2) is 3.92 Å². The fourth-order valence-corrected chi connectivity index (χ4v) is 2.60. The van der Waals surface area contributed by atoms with Gasteiger partial charge < -0.3 is 0 Å². The second kappa shape index (κ2) is 4.19. The second-order valence-corrected chi connectivity index (χ2v) is 5.73. The van der Waals surface area contributed by atoms with Crippen molar-refractivity contribution in [2.24, 2.45) is 0 Å². The van der Waals surface area contributed by atoms with Crippen molar-refractivity contribution in [3.8, 4) is 10.4 Å². The summed E-state index contributed by atoms with van der Waals surface area (Å²) in [5.74, 6) is 0. The number of thiazole rings is 1. The van der Waals surface area contributed by atoms with E-state index >= 15 is 0 Å². The Balaban J connectivity index is 2.47. The van der Waals surface area contributed by atoms with E-state index in [4.69, 9.17) is 23.2 Å². The Kier molecular flexibility index (Phi) is 3.12. The number of nitrogens with zero attached hydrogens (tertiary/aromatic N) is 1. The van der Waals surface area contributed by atoms with Crippen LogP contribution in [-0.2, 0) is 0 Å². The highest BCUT2D eigenvalue weighted by molar-refractivity contribution is 9.11. The van der Waals surface area contributed by atoms with Gasteiger partial charge in [-0.2, -0.15) is 0 Å². The summed E-state index contributed by atoms with van der Waals surface area (Å²) in [7, 11) is 0. The van der Waals surface area contributed by atoms with Crippen LogP contribution in [-0.4, -0.2) is 4.98 Å². The fourth-order valence-electron chi connectivity index (χ4n) is 1.04. The number of hydrogen-bond donors (Lipinski definition) is 0. The van der Waals surface area contributed by atoms with Gasteiger partial charge in [0.05, 0.1) is 14.9 Å². The minimum absolute atomic E-state index is 0.564. The van der Waals surface area contributed by atoms with E-state index in [1.165, 1.54) is 0 Å². The lowest BCUT2D eigenvalue weighted by Crippen LogP contribution is -1.73. The molecule has 1 nitrogen and oxygen atoms in total. The number of benzene rings is 1.